The minimum absolute atomic E-state index is 0.00554. The van der Waals surface area contributed by atoms with E-state index in [1.54, 1.807) is 12.1 Å². The fourth-order valence-electron chi connectivity index (χ4n) is 3.10. The quantitative estimate of drug-likeness (QED) is 0.925. The van der Waals surface area contributed by atoms with Crippen molar-refractivity contribution in [3.8, 4) is 11.1 Å². The van der Waals surface area contributed by atoms with Gasteiger partial charge in [-0.25, -0.2) is 9.37 Å². The number of carbonyl (C=O) groups excluding carboxylic acids is 1. The molecule has 2 N–H and O–H groups in total. The Balaban J connectivity index is 2.28. The molecule has 23 heavy (non-hydrogen) atoms. The van der Waals surface area contributed by atoms with Crippen LogP contribution in [0.4, 0.5) is 4.39 Å². The fraction of sp³-hybridized carbons (Fsp3) is 0.333. The Morgan fingerprint density at radius 3 is 2.70 bits per heavy atom. The molecule has 2 aromatic rings. The highest BCUT2D eigenvalue weighted by atomic mass is 19.1. The van der Waals surface area contributed by atoms with Gasteiger partial charge in [-0.3, -0.25) is 4.79 Å². The molecule has 2 heterocycles. The van der Waals surface area contributed by atoms with Crippen molar-refractivity contribution in [3.63, 3.8) is 0 Å². The van der Waals surface area contributed by atoms with Gasteiger partial charge in [-0.15, -0.1) is 0 Å². The summed E-state index contributed by atoms with van der Waals surface area (Å²) in [5.74, 6) is -0.951. The minimum Gasteiger partial charge on any atom is -0.369 e. The molecular formula is C18H19FN2O2. The lowest BCUT2D eigenvalue weighted by Crippen LogP contribution is -2.26. The van der Waals surface area contributed by atoms with Crippen LogP contribution in [0, 0.1) is 12.7 Å². The van der Waals surface area contributed by atoms with Crippen LogP contribution in [-0.4, -0.2) is 17.0 Å². The van der Waals surface area contributed by atoms with Gasteiger partial charge in [0.1, 0.15) is 11.5 Å². The van der Waals surface area contributed by atoms with Crippen LogP contribution in [0.15, 0.2) is 24.3 Å². The molecule has 120 valence electrons. The number of hydrogen-bond donors (Lipinski definition) is 1. The largest absolute Gasteiger partial charge is 0.369 e. The monoisotopic (exact) mass is 314 g/mol. The fourth-order valence-corrected chi connectivity index (χ4v) is 3.10. The number of aryl methyl sites for hydroxylation is 1. The van der Waals surface area contributed by atoms with E-state index in [2.05, 4.69) is 4.98 Å². The zero-order valence-corrected chi connectivity index (χ0v) is 13.4. The van der Waals surface area contributed by atoms with Crippen LogP contribution in [0.25, 0.3) is 11.1 Å². The van der Waals surface area contributed by atoms with E-state index in [0.717, 1.165) is 11.1 Å². The van der Waals surface area contributed by atoms with Gasteiger partial charge in [0.2, 0.25) is 0 Å². The molecule has 1 aliphatic rings. The Hall–Kier alpha value is -2.27. The van der Waals surface area contributed by atoms with Crippen molar-refractivity contribution >= 4 is 5.91 Å². The van der Waals surface area contributed by atoms with Crippen molar-refractivity contribution in [3.05, 3.63) is 52.6 Å². The number of fused-ring (bicyclic) bond motifs is 1. The highest BCUT2D eigenvalue weighted by Crippen LogP contribution is 2.37. The summed E-state index contributed by atoms with van der Waals surface area (Å²) in [6, 6.07) is 6.65. The molecule has 0 saturated carbocycles. The number of ether oxygens (including phenoxy) is 1. The van der Waals surface area contributed by atoms with Gasteiger partial charge in [-0.2, -0.15) is 0 Å². The third-order valence-corrected chi connectivity index (χ3v) is 4.14. The molecular weight excluding hydrogens is 295 g/mol. The van der Waals surface area contributed by atoms with Crippen molar-refractivity contribution in [2.24, 2.45) is 5.73 Å². The van der Waals surface area contributed by atoms with E-state index in [1.165, 1.54) is 6.07 Å². The summed E-state index contributed by atoms with van der Waals surface area (Å²) in [6.45, 7) is 5.68. The van der Waals surface area contributed by atoms with E-state index in [9.17, 15) is 9.18 Å². The van der Waals surface area contributed by atoms with Gasteiger partial charge in [0, 0.05) is 12.0 Å². The summed E-state index contributed by atoms with van der Waals surface area (Å²) in [4.78, 5) is 15.9. The Morgan fingerprint density at radius 2 is 2.04 bits per heavy atom. The first-order valence-corrected chi connectivity index (χ1v) is 7.62. The van der Waals surface area contributed by atoms with Crippen LogP contribution in [0.1, 0.15) is 47.3 Å². The van der Waals surface area contributed by atoms with E-state index in [4.69, 9.17) is 10.5 Å². The van der Waals surface area contributed by atoms with Crippen molar-refractivity contribution in [2.75, 3.05) is 0 Å². The maximum Gasteiger partial charge on any atom is 0.267 e. The molecule has 0 aliphatic carbocycles. The highest BCUT2D eigenvalue weighted by molar-refractivity contribution is 5.92. The number of nitrogens with two attached hydrogens (primary N) is 1. The van der Waals surface area contributed by atoms with E-state index in [1.807, 2.05) is 26.8 Å². The van der Waals surface area contributed by atoms with Crippen LogP contribution in [0.3, 0.4) is 0 Å². The number of halogens is 1. The molecule has 1 aromatic carbocycles. The number of nitrogens with zero attached hydrogens (tertiary/aromatic N) is 1. The van der Waals surface area contributed by atoms with Crippen molar-refractivity contribution < 1.29 is 13.9 Å². The molecule has 3 rings (SSSR count). The number of amides is 1. The number of aromatic nitrogens is 1. The summed E-state index contributed by atoms with van der Waals surface area (Å²) < 4.78 is 20.2. The third kappa shape index (κ3) is 2.84. The standard InChI is InChI=1S/C18H19FN2O2/c1-9-4-5-12(15(19)6-9)13-8-16(18(20)22)21-17-11(3)23-10(2)7-14(13)17/h4-6,8,10-11H,7H2,1-3H3,(H2,20,22)/t10-,11+/m0/s1. The number of benzene rings is 1. The predicted octanol–water partition coefficient (Wildman–Crippen LogP) is 3.32. The summed E-state index contributed by atoms with van der Waals surface area (Å²) in [5.41, 5.74) is 9.07. The first-order valence-electron chi connectivity index (χ1n) is 7.62. The molecule has 5 heteroatoms. The number of hydrogen-bond acceptors (Lipinski definition) is 3. The van der Waals surface area contributed by atoms with Crippen molar-refractivity contribution in [1.29, 1.82) is 0 Å². The Kier molecular flexibility index (Phi) is 3.90. The van der Waals surface area contributed by atoms with Gasteiger partial charge in [-0.05, 0) is 49.6 Å². The second kappa shape index (κ2) is 5.74. The summed E-state index contributed by atoms with van der Waals surface area (Å²) >= 11 is 0. The van der Waals surface area contributed by atoms with Crippen molar-refractivity contribution in [1.82, 2.24) is 4.98 Å². The van der Waals surface area contributed by atoms with Crippen LogP contribution < -0.4 is 5.73 Å². The first kappa shape index (κ1) is 15.6. The maximum absolute atomic E-state index is 14.5. The van der Waals surface area contributed by atoms with Crippen LogP contribution >= 0.6 is 0 Å². The van der Waals surface area contributed by atoms with Gasteiger partial charge in [0.05, 0.1) is 17.9 Å². The number of carbonyl (C=O) groups is 1. The van der Waals surface area contributed by atoms with E-state index < -0.39 is 5.91 Å². The third-order valence-electron chi connectivity index (χ3n) is 4.14. The van der Waals surface area contributed by atoms with Crippen molar-refractivity contribution in [2.45, 2.75) is 39.4 Å². The molecule has 1 aromatic heterocycles. The van der Waals surface area contributed by atoms with E-state index in [0.29, 0.717) is 23.2 Å². The Labute approximate surface area is 134 Å². The normalized spacial score (nSPS) is 20.2. The van der Waals surface area contributed by atoms with Gasteiger partial charge < -0.3 is 10.5 Å². The predicted molar refractivity (Wildman–Crippen MR) is 85.6 cm³/mol. The SMILES string of the molecule is Cc1ccc(-c2cc(C(N)=O)nc3c2C[C@H](C)O[C@@H]3C)c(F)c1. The first-order chi connectivity index (χ1) is 10.9. The average Bonchev–Trinajstić information content (AvgIpc) is 2.46. The average molecular weight is 314 g/mol. The van der Waals surface area contributed by atoms with E-state index >= 15 is 0 Å². The lowest BCUT2D eigenvalue weighted by molar-refractivity contribution is -0.00740. The summed E-state index contributed by atoms with van der Waals surface area (Å²) in [5, 5.41) is 0. The molecule has 1 amide bonds. The smallest absolute Gasteiger partial charge is 0.267 e. The van der Waals surface area contributed by atoms with Gasteiger partial charge in [0.15, 0.2) is 0 Å². The molecule has 2 atom stereocenters. The molecule has 0 unspecified atom stereocenters. The zero-order valence-electron chi connectivity index (χ0n) is 13.4. The molecule has 0 bridgehead atoms. The van der Waals surface area contributed by atoms with E-state index in [-0.39, 0.29) is 23.7 Å². The molecule has 0 saturated heterocycles. The molecule has 0 fully saturated rings. The zero-order chi connectivity index (χ0) is 16.7. The Bertz CT molecular complexity index is 789. The lowest BCUT2D eigenvalue weighted by Gasteiger charge is -2.29. The molecule has 0 spiro atoms. The number of primary amides is 1. The second-order valence-electron chi connectivity index (χ2n) is 6.06. The molecule has 0 radical (unpaired) electrons. The topological polar surface area (TPSA) is 65.2 Å². The minimum atomic E-state index is -0.632. The number of rotatable bonds is 2. The maximum atomic E-state index is 14.5. The van der Waals surface area contributed by atoms with Gasteiger partial charge >= 0.3 is 0 Å². The summed E-state index contributed by atoms with van der Waals surface area (Å²) in [6.07, 6.45) is 0.361. The number of pyridine rings is 1. The Morgan fingerprint density at radius 1 is 1.30 bits per heavy atom. The molecule has 1 aliphatic heterocycles. The van der Waals surface area contributed by atoms with Crippen LogP contribution in [-0.2, 0) is 11.2 Å². The summed E-state index contributed by atoms with van der Waals surface area (Å²) in [7, 11) is 0. The second-order valence-corrected chi connectivity index (χ2v) is 6.06. The van der Waals surface area contributed by atoms with Crippen LogP contribution in [0.2, 0.25) is 0 Å². The highest BCUT2D eigenvalue weighted by Gasteiger charge is 2.28. The van der Waals surface area contributed by atoms with Crippen LogP contribution in [0.5, 0.6) is 0 Å². The van der Waals surface area contributed by atoms with Gasteiger partial charge in [0.25, 0.3) is 5.91 Å². The molecule has 4 nitrogen and oxygen atoms in total. The van der Waals surface area contributed by atoms with Gasteiger partial charge in [-0.1, -0.05) is 12.1 Å². The lowest BCUT2D eigenvalue weighted by atomic mass is 9.90.